The van der Waals surface area contributed by atoms with E-state index in [0.717, 1.165) is 23.3 Å². The van der Waals surface area contributed by atoms with Crippen molar-refractivity contribution in [2.75, 3.05) is 19.1 Å². The Labute approximate surface area is 119 Å². The van der Waals surface area contributed by atoms with Gasteiger partial charge in [-0.2, -0.15) is 0 Å². The Balaban J connectivity index is 2.55. The molecule has 106 valence electrons. The summed E-state index contributed by atoms with van der Waals surface area (Å²) in [5, 5.41) is 0. The normalized spacial score (nSPS) is 18.7. The summed E-state index contributed by atoms with van der Waals surface area (Å²) in [6.45, 7) is 0.592. The summed E-state index contributed by atoms with van der Waals surface area (Å²) in [7, 11) is -3.19. The molecule has 3 nitrogen and oxygen atoms in total. The van der Waals surface area contributed by atoms with Crippen LogP contribution < -0.4 is 5.73 Å². The first-order valence-electron chi connectivity index (χ1n) is 6.52. The molecule has 1 aliphatic carbocycles. The molecule has 2 N–H and O–H groups in total. The van der Waals surface area contributed by atoms with Crippen LogP contribution in [0.3, 0.4) is 0 Å². The molecule has 0 aliphatic heterocycles. The van der Waals surface area contributed by atoms with Crippen molar-refractivity contribution in [3.63, 3.8) is 0 Å². The number of benzene rings is 1. The van der Waals surface area contributed by atoms with Crippen LogP contribution >= 0.6 is 11.8 Å². The largest absolute Gasteiger partial charge is 0.330 e. The van der Waals surface area contributed by atoms with Crippen LogP contribution in [-0.2, 0) is 15.3 Å². The highest BCUT2D eigenvalue weighted by atomic mass is 32.2. The smallest absolute Gasteiger partial charge is 0.176 e. The van der Waals surface area contributed by atoms with Crippen LogP contribution in [0.4, 0.5) is 0 Å². The van der Waals surface area contributed by atoms with E-state index in [2.05, 4.69) is 6.07 Å². The summed E-state index contributed by atoms with van der Waals surface area (Å²) in [5.74, 6) is 0. The van der Waals surface area contributed by atoms with Gasteiger partial charge in [-0.05, 0) is 36.8 Å². The molecule has 1 fully saturated rings. The van der Waals surface area contributed by atoms with Gasteiger partial charge in [-0.15, -0.1) is 11.8 Å². The third-order valence-corrected chi connectivity index (χ3v) is 6.19. The molecule has 0 saturated heterocycles. The molecule has 0 atom stereocenters. The molecular formula is C14H21NO2S2. The highest BCUT2D eigenvalue weighted by Crippen LogP contribution is 2.41. The minimum Gasteiger partial charge on any atom is -0.330 e. The van der Waals surface area contributed by atoms with Crippen LogP contribution in [0.2, 0.25) is 0 Å². The molecule has 1 saturated carbocycles. The second-order valence-electron chi connectivity index (χ2n) is 5.33. The Hall–Kier alpha value is -0.520. The number of nitrogens with two attached hydrogens (primary N) is 1. The van der Waals surface area contributed by atoms with Crippen molar-refractivity contribution < 1.29 is 8.42 Å². The van der Waals surface area contributed by atoms with Crippen molar-refractivity contribution in [2.45, 2.75) is 40.9 Å². The molecule has 5 heteroatoms. The molecule has 0 bridgehead atoms. The Kier molecular flexibility index (Phi) is 4.28. The fourth-order valence-electron chi connectivity index (χ4n) is 2.96. The average molecular weight is 299 g/mol. The van der Waals surface area contributed by atoms with Gasteiger partial charge in [0.2, 0.25) is 0 Å². The van der Waals surface area contributed by atoms with E-state index in [1.165, 1.54) is 30.9 Å². The molecule has 0 aromatic heterocycles. The monoisotopic (exact) mass is 299 g/mol. The van der Waals surface area contributed by atoms with Gasteiger partial charge in [-0.3, -0.25) is 0 Å². The summed E-state index contributed by atoms with van der Waals surface area (Å²) in [4.78, 5) is 1.26. The van der Waals surface area contributed by atoms with E-state index < -0.39 is 9.84 Å². The maximum absolute atomic E-state index is 11.9. The van der Waals surface area contributed by atoms with Crippen molar-refractivity contribution >= 4 is 21.6 Å². The number of hydrogen-bond donors (Lipinski definition) is 1. The number of sulfone groups is 1. The van der Waals surface area contributed by atoms with Gasteiger partial charge in [0.15, 0.2) is 9.84 Å². The maximum atomic E-state index is 11.9. The van der Waals surface area contributed by atoms with Gasteiger partial charge in [-0.1, -0.05) is 18.9 Å². The lowest BCUT2D eigenvalue weighted by molar-refractivity contribution is 0.451. The lowest BCUT2D eigenvalue weighted by atomic mass is 9.79. The third kappa shape index (κ3) is 2.83. The Morgan fingerprint density at radius 1 is 1.32 bits per heavy atom. The summed E-state index contributed by atoms with van der Waals surface area (Å²) in [6.07, 6.45) is 7.65. The zero-order chi connectivity index (χ0) is 14.1. The van der Waals surface area contributed by atoms with Crippen molar-refractivity contribution in [2.24, 2.45) is 5.73 Å². The zero-order valence-electron chi connectivity index (χ0n) is 11.5. The van der Waals surface area contributed by atoms with Crippen LogP contribution in [0.15, 0.2) is 28.0 Å². The topological polar surface area (TPSA) is 60.2 Å². The second-order valence-corrected chi connectivity index (χ2v) is 8.16. The van der Waals surface area contributed by atoms with Gasteiger partial charge in [0.25, 0.3) is 0 Å². The van der Waals surface area contributed by atoms with E-state index in [1.54, 1.807) is 0 Å². The fourth-order valence-corrected chi connectivity index (χ4v) is 4.90. The van der Waals surface area contributed by atoms with E-state index >= 15 is 0 Å². The summed E-state index contributed by atoms with van der Waals surface area (Å²) in [6, 6.07) is 5.82. The molecule has 19 heavy (non-hydrogen) atoms. The van der Waals surface area contributed by atoms with Gasteiger partial charge in [-0.25, -0.2) is 8.42 Å². The van der Waals surface area contributed by atoms with Crippen LogP contribution in [0.5, 0.6) is 0 Å². The van der Waals surface area contributed by atoms with Crippen LogP contribution in [-0.4, -0.2) is 27.5 Å². The predicted octanol–water partition coefficient (Wildman–Crippen LogP) is 2.58. The van der Waals surface area contributed by atoms with Crippen molar-refractivity contribution in [3.8, 4) is 0 Å². The fraction of sp³-hybridized carbons (Fsp3) is 0.571. The molecule has 0 unspecified atom stereocenters. The predicted molar refractivity (Wildman–Crippen MR) is 80.5 cm³/mol. The molecule has 0 amide bonds. The highest BCUT2D eigenvalue weighted by molar-refractivity contribution is 7.99. The van der Waals surface area contributed by atoms with E-state index in [0.29, 0.717) is 11.4 Å². The van der Waals surface area contributed by atoms with Gasteiger partial charge < -0.3 is 5.73 Å². The van der Waals surface area contributed by atoms with Gasteiger partial charge in [0.1, 0.15) is 0 Å². The highest BCUT2D eigenvalue weighted by Gasteiger charge is 2.35. The van der Waals surface area contributed by atoms with E-state index in [-0.39, 0.29) is 5.41 Å². The third-order valence-electron chi connectivity index (χ3n) is 4.13. The van der Waals surface area contributed by atoms with Crippen molar-refractivity contribution in [3.05, 3.63) is 23.8 Å². The minimum atomic E-state index is -3.19. The quantitative estimate of drug-likeness (QED) is 0.868. The SMILES string of the molecule is CSc1ccc(C2(CN)CCCC2)cc1S(C)(=O)=O. The van der Waals surface area contributed by atoms with E-state index in [4.69, 9.17) is 5.73 Å². The first-order chi connectivity index (χ1) is 8.93. The van der Waals surface area contributed by atoms with Crippen LogP contribution in [0.25, 0.3) is 0 Å². The molecule has 1 aromatic rings. The lowest BCUT2D eigenvalue weighted by Crippen LogP contribution is -2.32. The first kappa shape index (κ1) is 14.9. The maximum Gasteiger partial charge on any atom is 0.176 e. The van der Waals surface area contributed by atoms with Crippen molar-refractivity contribution in [1.29, 1.82) is 0 Å². The van der Waals surface area contributed by atoms with Gasteiger partial charge in [0, 0.05) is 23.1 Å². The lowest BCUT2D eigenvalue weighted by Gasteiger charge is -2.28. The first-order valence-corrected chi connectivity index (χ1v) is 9.63. The second kappa shape index (κ2) is 5.46. The van der Waals surface area contributed by atoms with Crippen LogP contribution in [0, 0.1) is 0 Å². The molecule has 1 aliphatic rings. The van der Waals surface area contributed by atoms with Gasteiger partial charge >= 0.3 is 0 Å². The number of rotatable bonds is 4. The summed E-state index contributed by atoms with van der Waals surface area (Å²) >= 11 is 1.47. The molecule has 0 radical (unpaired) electrons. The van der Waals surface area contributed by atoms with Gasteiger partial charge in [0.05, 0.1) is 4.90 Å². The average Bonchev–Trinajstić information content (AvgIpc) is 2.87. The molecule has 0 spiro atoms. The minimum absolute atomic E-state index is 0.0175. The summed E-state index contributed by atoms with van der Waals surface area (Å²) in [5.41, 5.74) is 7.05. The van der Waals surface area contributed by atoms with E-state index in [1.807, 2.05) is 18.4 Å². The number of thioether (sulfide) groups is 1. The molecule has 2 rings (SSSR count). The molecule has 0 heterocycles. The molecule has 1 aromatic carbocycles. The van der Waals surface area contributed by atoms with E-state index in [9.17, 15) is 8.42 Å². The zero-order valence-corrected chi connectivity index (χ0v) is 13.1. The Bertz CT molecular complexity index is 561. The van der Waals surface area contributed by atoms with Crippen molar-refractivity contribution in [1.82, 2.24) is 0 Å². The Morgan fingerprint density at radius 2 is 1.95 bits per heavy atom. The molecular weight excluding hydrogens is 278 g/mol. The Morgan fingerprint density at radius 3 is 2.42 bits per heavy atom. The summed E-state index contributed by atoms with van der Waals surface area (Å²) < 4.78 is 23.9. The number of hydrogen-bond acceptors (Lipinski definition) is 4. The van der Waals surface area contributed by atoms with Crippen LogP contribution in [0.1, 0.15) is 31.2 Å². The standard InChI is InChI=1S/C14H21NO2S2/c1-18-12-6-5-11(9-13(12)19(2,16)17)14(10-15)7-3-4-8-14/h5-6,9H,3-4,7-8,10,15H2,1-2H3.